The molecule has 0 saturated heterocycles. The SMILES string of the molecule is Cc1nn(C2CCC(NC3CC3)(C(N)=O)C2)c(C)c1Cl. The van der Waals surface area contributed by atoms with Crippen LogP contribution in [0.5, 0.6) is 0 Å². The van der Waals surface area contributed by atoms with Crippen molar-refractivity contribution >= 4 is 17.5 Å². The first-order valence-electron chi connectivity index (χ1n) is 7.22. The number of nitrogens with one attached hydrogen (secondary N) is 1. The number of hydrogen-bond donors (Lipinski definition) is 2. The molecule has 1 aromatic rings. The molecule has 0 aromatic carbocycles. The molecule has 3 N–H and O–H groups in total. The zero-order chi connectivity index (χ0) is 14.5. The van der Waals surface area contributed by atoms with Gasteiger partial charge in [-0.2, -0.15) is 5.10 Å². The molecule has 0 spiro atoms. The molecule has 20 heavy (non-hydrogen) atoms. The Morgan fingerprint density at radius 3 is 2.65 bits per heavy atom. The molecular formula is C14H21ClN4O. The molecule has 6 heteroatoms. The molecule has 2 saturated carbocycles. The second-order valence-corrected chi connectivity index (χ2v) is 6.57. The highest BCUT2D eigenvalue weighted by atomic mass is 35.5. The van der Waals surface area contributed by atoms with Gasteiger partial charge < -0.3 is 11.1 Å². The molecule has 2 atom stereocenters. The Labute approximate surface area is 123 Å². The van der Waals surface area contributed by atoms with Gasteiger partial charge in [-0.05, 0) is 46.0 Å². The summed E-state index contributed by atoms with van der Waals surface area (Å²) < 4.78 is 1.97. The molecular weight excluding hydrogens is 276 g/mol. The van der Waals surface area contributed by atoms with Crippen LogP contribution in [0.3, 0.4) is 0 Å². The van der Waals surface area contributed by atoms with E-state index in [1.807, 2.05) is 18.5 Å². The monoisotopic (exact) mass is 296 g/mol. The predicted molar refractivity (Wildman–Crippen MR) is 77.7 cm³/mol. The smallest absolute Gasteiger partial charge is 0.237 e. The van der Waals surface area contributed by atoms with Crippen LogP contribution in [0.1, 0.15) is 49.5 Å². The Morgan fingerprint density at radius 2 is 2.15 bits per heavy atom. The van der Waals surface area contributed by atoms with Crippen LogP contribution >= 0.6 is 11.6 Å². The summed E-state index contributed by atoms with van der Waals surface area (Å²) in [5.41, 5.74) is 6.92. The highest BCUT2D eigenvalue weighted by Crippen LogP contribution is 2.41. The molecule has 1 heterocycles. The van der Waals surface area contributed by atoms with Crippen LogP contribution in [0.2, 0.25) is 5.02 Å². The third-order valence-electron chi connectivity index (χ3n) is 4.60. The van der Waals surface area contributed by atoms with Gasteiger partial charge in [0.2, 0.25) is 5.91 Å². The quantitative estimate of drug-likeness (QED) is 0.890. The number of aromatic nitrogens is 2. The van der Waals surface area contributed by atoms with E-state index in [4.69, 9.17) is 17.3 Å². The number of carbonyl (C=O) groups is 1. The lowest BCUT2D eigenvalue weighted by Gasteiger charge is -2.27. The first kappa shape index (κ1) is 13.9. The Balaban J connectivity index is 1.83. The molecule has 3 rings (SSSR count). The second-order valence-electron chi connectivity index (χ2n) is 6.19. The normalized spacial score (nSPS) is 29.9. The van der Waals surface area contributed by atoms with Crippen LogP contribution in [0.4, 0.5) is 0 Å². The fourth-order valence-corrected chi connectivity index (χ4v) is 3.40. The van der Waals surface area contributed by atoms with E-state index in [0.29, 0.717) is 12.5 Å². The van der Waals surface area contributed by atoms with Crippen molar-refractivity contribution in [2.24, 2.45) is 5.73 Å². The molecule has 5 nitrogen and oxygen atoms in total. The van der Waals surface area contributed by atoms with Crippen LogP contribution in [-0.2, 0) is 4.79 Å². The van der Waals surface area contributed by atoms with E-state index in [1.165, 1.54) is 0 Å². The molecule has 2 unspecified atom stereocenters. The summed E-state index contributed by atoms with van der Waals surface area (Å²) in [6.07, 6.45) is 4.67. The Kier molecular flexibility index (Phi) is 3.29. The highest BCUT2D eigenvalue weighted by Gasteiger charge is 2.47. The van der Waals surface area contributed by atoms with Crippen molar-refractivity contribution in [3.05, 3.63) is 16.4 Å². The minimum Gasteiger partial charge on any atom is -0.368 e. The lowest BCUT2D eigenvalue weighted by molar-refractivity contribution is -0.124. The van der Waals surface area contributed by atoms with E-state index in [0.717, 1.165) is 42.1 Å². The van der Waals surface area contributed by atoms with Gasteiger partial charge >= 0.3 is 0 Å². The third-order valence-corrected chi connectivity index (χ3v) is 5.15. The van der Waals surface area contributed by atoms with Crippen LogP contribution in [0.15, 0.2) is 0 Å². The second kappa shape index (κ2) is 4.74. The maximum Gasteiger partial charge on any atom is 0.237 e. The van der Waals surface area contributed by atoms with Crippen molar-refractivity contribution in [1.29, 1.82) is 0 Å². The van der Waals surface area contributed by atoms with E-state index in [9.17, 15) is 4.79 Å². The van der Waals surface area contributed by atoms with Gasteiger partial charge in [0.1, 0.15) is 0 Å². The number of nitrogens with two attached hydrogens (primary N) is 1. The van der Waals surface area contributed by atoms with Crippen molar-refractivity contribution in [2.75, 3.05) is 0 Å². The van der Waals surface area contributed by atoms with Gasteiger partial charge in [0.15, 0.2) is 0 Å². The summed E-state index contributed by atoms with van der Waals surface area (Å²) in [7, 11) is 0. The van der Waals surface area contributed by atoms with E-state index in [1.54, 1.807) is 0 Å². The summed E-state index contributed by atoms with van der Waals surface area (Å²) in [6, 6.07) is 0.658. The molecule has 2 aliphatic rings. The van der Waals surface area contributed by atoms with Crippen molar-refractivity contribution in [2.45, 2.75) is 63.6 Å². The van der Waals surface area contributed by atoms with Crippen LogP contribution in [-0.4, -0.2) is 27.3 Å². The van der Waals surface area contributed by atoms with E-state index in [2.05, 4.69) is 10.4 Å². The van der Waals surface area contributed by atoms with Crippen LogP contribution in [0.25, 0.3) is 0 Å². The number of hydrogen-bond acceptors (Lipinski definition) is 3. The van der Waals surface area contributed by atoms with Gasteiger partial charge in [0.25, 0.3) is 0 Å². The van der Waals surface area contributed by atoms with Gasteiger partial charge in [0.05, 0.1) is 28.0 Å². The first-order valence-corrected chi connectivity index (χ1v) is 7.59. The Bertz CT molecular complexity index is 552. The summed E-state index contributed by atoms with van der Waals surface area (Å²) in [4.78, 5) is 11.9. The van der Waals surface area contributed by atoms with Crippen molar-refractivity contribution in [1.82, 2.24) is 15.1 Å². The predicted octanol–water partition coefficient (Wildman–Crippen LogP) is 1.85. The maximum absolute atomic E-state index is 11.9. The molecule has 110 valence electrons. The molecule has 2 aliphatic carbocycles. The number of halogens is 1. The zero-order valence-corrected chi connectivity index (χ0v) is 12.7. The zero-order valence-electron chi connectivity index (χ0n) is 11.9. The topological polar surface area (TPSA) is 72.9 Å². The largest absolute Gasteiger partial charge is 0.368 e. The molecule has 0 aliphatic heterocycles. The lowest BCUT2D eigenvalue weighted by Crippen LogP contribution is -2.54. The Hall–Kier alpha value is -1.07. The number of primary amides is 1. The highest BCUT2D eigenvalue weighted by molar-refractivity contribution is 6.31. The van der Waals surface area contributed by atoms with E-state index < -0.39 is 5.54 Å². The Morgan fingerprint density at radius 1 is 1.45 bits per heavy atom. The summed E-state index contributed by atoms with van der Waals surface area (Å²) >= 11 is 6.21. The molecule has 0 radical (unpaired) electrons. The minimum absolute atomic E-state index is 0.194. The van der Waals surface area contributed by atoms with Gasteiger partial charge in [-0.25, -0.2) is 0 Å². The molecule has 1 amide bonds. The number of rotatable bonds is 4. The molecule has 1 aromatic heterocycles. The third kappa shape index (κ3) is 2.23. The lowest BCUT2D eigenvalue weighted by atomic mass is 9.96. The minimum atomic E-state index is -0.565. The first-order chi connectivity index (χ1) is 9.43. The summed E-state index contributed by atoms with van der Waals surface area (Å²) in [5, 5.41) is 8.69. The van der Waals surface area contributed by atoms with Crippen molar-refractivity contribution < 1.29 is 4.79 Å². The fourth-order valence-electron chi connectivity index (χ4n) is 3.27. The van der Waals surface area contributed by atoms with E-state index in [-0.39, 0.29) is 11.9 Å². The number of aryl methyl sites for hydroxylation is 1. The maximum atomic E-state index is 11.9. The van der Waals surface area contributed by atoms with Crippen molar-refractivity contribution in [3.63, 3.8) is 0 Å². The summed E-state index contributed by atoms with van der Waals surface area (Å²) in [6.45, 7) is 3.88. The molecule has 2 fully saturated rings. The fraction of sp³-hybridized carbons (Fsp3) is 0.714. The summed E-state index contributed by atoms with van der Waals surface area (Å²) in [5.74, 6) is -0.237. The van der Waals surface area contributed by atoms with Crippen LogP contribution < -0.4 is 11.1 Å². The van der Waals surface area contributed by atoms with Gasteiger partial charge in [0, 0.05) is 6.04 Å². The average Bonchev–Trinajstić information content (AvgIpc) is 3.04. The van der Waals surface area contributed by atoms with Crippen molar-refractivity contribution in [3.8, 4) is 0 Å². The number of amides is 1. The molecule has 0 bridgehead atoms. The van der Waals surface area contributed by atoms with E-state index >= 15 is 0 Å². The number of carbonyl (C=O) groups excluding carboxylic acids is 1. The van der Waals surface area contributed by atoms with Gasteiger partial charge in [-0.1, -0.05) is 11.6 Å². The van der Waals surface area contributed by atoms with Gasteiger partial charge in [-0.15, -0.1) is 0 Å². The van der Waals surface area contributed by atoms with Crippen LogP contribution in [0, 0.1) is 13.8 Å². The van der Waals surface area contributed by atoms with Gasteiger partial charge in [-0.3, -0.25) is 9.48 Å². The standard InChI is InChI=1S/C14H21ClN4O/c1-8-12(15)9(2)19(18-8)11-5-6-14(7-11,13(16)20)17-10-3-4-10/h10-11,17H,3-7H2,1-2H3,(H2,16,20). The average molecular weight is 297 g/mol. The number of nitrogens with zero attached hydrogens (tertiary/aromatic N) is 2.